The molecule has 15 heavy (non-hydrogen) atoms. The summed E-state index contributed by atoms with van der Waals surface area (Å²) in [7, 11) is -6.00. The van der Waals surface area contributed by atoms with Crippen molar-refractivity contribution in [2.75, 3.05) is 0 Å². The summed E-state index contributed by atoms with van der Waals surface area (Å²) in [5.74, 6) is 2.06. The van der Waals surface area contributed by atoms with Crippen LogP contribution >= 0.6 is 0 Å². The number of halogens is 4. The molecule has 0 radical (unpaired) electrons. The number of aryl methyl sites for hydroxylation is 3. The molecule has 0 aromatic carbocycles. The van der Waals surface area contributed by atoms with Crippen LogP contribution < -0.4 is 0 Å². The average Bonchev–Trinajstić information content (AvgIpc) is 1.99. The van der Waals surface area contributed by atoms with Gasteiger partial charge in [-0.05, 0) is 12.5 Å². The Morgan fingerprint density at radius 1 is 1.13 bits per heavy atom. The summed E-state index contributed by atoms with van der Waals surface area (Å²) in [5, 5.41) is 0. The van der Waals surface area contributed by atoms with Gasteiger partial charge in [-0.15, -0.1) is 0 Å². The minimum Gasteiger partial charge on any atom is -0.418 e. The Morgan fingerprint density at radius 3 is 1.93 bits per heavy atom. The molecule has 1 nitrogen and oxygen atoms in total. The van der Waals surface area contributed by atoms with Gasteiger partial charge in [0.25, 0.3) is 0 Å². The van der Waals surface area contributed by atoms with Crippen LogP contribution in [-0.4, -0.2) is 7.25 Å². The van der Waals surface area contributed by atoms with E-state index >= 15 is 0 Å². The SMILES string of the molecule is CCc1cc(C)cc(C)[o+]1.F[B-](F)(F)F. The van der Waals surface area contributed by atoms with E-state index < -0.39 is 7.25 Å². The van der Waals surface area contributed by atoms with Crippen molar-refractivity contribution < 1.29 is 21.7 Å². The van der Waals surface area contributed by atoms with Gasteiger partial charge in [0.05, 0.1) is 13.3 Å². The van der Waals surface area contributed by atoms with Gasteiger partial charge in [-0.1, -0.05) is 6.92 Å². The quantitative estimate of drug-likeness (QED) is 0.398. The molecule has 0 bridgehead atoms. The van der Waals surface area contributed by atoms with Crippen LogP contribution in [0.4, 0.5) is 17.3 Å². The van der Waals surface area contributed by atoms with E-state index in [-0.39, 0.29) is 0 Å². The zero-order valence-corrected chi connectivity index (χ0v) is 8.86. The average molecular weight is 224 g/mol. The largest absolute Gasteiger partial charge is 0.673 e. The zero-order chi connectivity index (χ0) is 12.1. The maximum Gasteiger partial charge on any atom is 0.673 e. The Bertz CT molecular complexity index is 285. The summed E-state index contributed by atoms with van der Waals surface area (Å²) in [5.41, 5.74) is 1.28. The smallest absolute Gasteiger partial charge is 0.418 e. The molecule has 1 aromatic heterocycles. The van der Waals surface area contributed by atoms with Gasteiger partial charge in [0, 0.05) is 12.1 Å². The lowest BCUT2D eigenvalue weighted by Gasteiger charge is -1.94. The van der Waals surface area contributed by atoms with Crippen LogP contribution in [0, 0.1) is 13.8 Å². The van der Waals surface area contributed by atoms with Gasteiger partial charge in [-0.2, -0.15) is 0 Å². The first-order chi connectivity index (χ1) is 6.72. The molecule has 0 aliphatic heterocycles. The summed E-state index contributed by atoms with van der Waals surface area (Å²) in [4.78, 5) is 0. The van der Waals surface area contributed by atoms with Gasteiger partial charge >= 0.3 is 18.8 Å². The Balaban J connectivity index is 0.000000336. The van der Waals surface area contributed by atoms with E-state index in [1.54, 1.807) is 0 Å². The maximum absolute atomic E-state index is 9.75. The standard InChI is InChI=1S/C9H13O.BF4/c1-4-9-6-7(2)5-8(3)10-9;2-1(3,4)5/h5-6H,4H2,1-3H3;/q+1;-1. The predicted octanol–water partition coefficient (Wildman–Crippen LogP) is 4.04. The van der Waals surface area contributed by atoms with Crippen molar-refractivity contribution >= 4 is 7.25 Å². The Labute approximate surface area is 86.2 Å². The molecule has 0 aliphatic rings. The first-order valence-electron chi connectivity index (χ1n) is 4.50. The van der Waals surface area contributed by atoms with E-state index in [0.29, 0.717) is 0 Å². The van der Waals surface area contributed by atoms with Gasteiger partial charge in [0.1, 0.15) is 0 Å². The minimum atomic E-state index is -6.00. The molecule has 0 saturated heterocycles. The highest BCUT2D eigenvalue weighted by molar-refractivity contribution is 6.50. The first-order valence-corrected chi connectivity index (χ1v) is 4.50. The minimum absolute atomic E-state index is 0.975. The molecule has 1 aromatic rings. The zero-order valence-electron chi connectivity index (χ0n) is 8.86. The highest BCUT2D eigenvalue weighted by atomic mass is 19.5. The summed E-state index contributed by atoms with van der Waals surface area (Å²) in [6.45, 7) is 6.16. The molecule has 0 amide bonds. The second-order valence-corrected chi connectivity index (χ2v) is 3.06. The number of hydrogen-bond acceptors (Lipinski definition) is 0. The van der Waals surface area contributed by atoms with E-state index in [0.717, 1.165) is 17.9 Å². The molecule has 0 aliphatic carbocycles. The molecule has 0 fully saturated rings. The fourth-order valence-corrected chi connectivity index (χ4v) is 1.06. The van der Waals surface area contributed by atoms with Gasteiger partial charge in [0.2, 0.25) is 0 Å². The Kier molecular flexibility index (Phi) is 5.32. The van der Waals surface area contributed by atoms with Crippen LogP contribution in [0.15, 0.2) is 16.5 Å². The van der Waals surface area contributed by atoms with Crippen molar-refractivity contribution in [3.63, 3.8) is 0 Å². The lowest BCUT2D eigenvalue weighted by Crippen LogP contribution is -2.02. The molecule has 0 atom stereocenters. The van der Waals surface area contributed by atoms with E-state index in [2.05, 4.69) is 19.9 Å². The van der Waals surface area contributed by atoms with Crippen molar-refractivity contribution in [3.8, 4) is 0 Å². The van der Waals surface area contributed by atoms with Gasteiger partial charge in [-0.25, -0.2) is 4.42 Å². The molecule has 0 N–H and O–H groups in total. The van der Waals surface area contributed by atoms with Crippen LogP contribution in [0.2, 0.25) is 0 Å². The molecule has 1 heterocycles. The van der Waals surface area contributed by atoms with Crippen LogP contribution in [0.3, 0.4) is 0 Å². The lowest BCUT2D eigenvalue weighted by molar-refractivity contribution is 0.368. The van der Waals surface area contributed by atoms with Gasteiger partial charge in [0.15, 0.2) is 0 Å². The lowest BCUT2D eigenvalue weighted by atomic mass is 10.2. The van der Waals surface area contributed by atoms with Crippen molar-refractivity contribution in [3.05, 3.63) is 29.2 Å². The van der Waals surface area contributed by atoms with Crippen molar-refractivity contribution in [1.29, 1.82) is 0 Å². The highest BCUT2D eigenvalue weighted by Gasteiger charge is 2.20. The van der Waals surface area contributed by atoms with E-state index in [9.17, 15) is 17.3 Å². The molecule has 1 rings (SSSR count). The van der Waals surface area contributed by atoms with Crippen molar-refractivity contribution in [2.24, 2.45) is 0 Å². The third kappa shape index (κ3) is 9.24. The monoisotopic (exact) mass is 224 g/mol. The molecule has 0 spiro atoms. The topological polar surface area (TPSA) is 11.3 Å². The predicted molar refractivity (Wildman–Crippen MR) is 52.2 cm³/mol. The highest BCUT2D eigenvalue weighted by Crippen LogP contribution is 2.08. The summed E-state index contributed by atoms with van der Waals surface area (Å²) < 4.78 is 44.4. The Morgan fingerprint density at radius 2 is 1.60 bits per heavy atom. The molecule has 6 heteroatoms. The molecule has 0 saturated carbocycles. The van der Waals surface area contributed by atoms with E-state index in [4.69, 9.17) is 4.42 Å². The fraction of sp³-hybridized carbons (Fsp3) is 0.444. The molecular weight excluding hydrogens is 211 g/mol. The van der Waals surface area contributed by atoms with Crippen LogP contribution in [-0.2, 0) is 6.42 Å². The number of rotatable bonds is 1. The third-order valence-electron chi connectivity index (χ3n) is 1.46. The van der Waals surface area contributed by atoms with Crippen molar-refractivity contribution in [2.45, 2.75) is 27.2 Å². The summed E-state index contributed by atoms with van der Waals surface area (Å²) >= 11 is 0. The molecule has 0 unspecified atom stereocenters. The molecule has 86 valence electrons. The molecular formula is C9H13BF4O. The van der Waals surface area contributed by atoms with Gasteiger partial charge < -0.3 is 17.3 Å². The second kappa shape index (κ2) is 5.73. The third-order valence-corrected chi connectivity index (χ3v) is 1.46. The second-order valence-electron chi connectivity index (χ2n) is 3.06. The maximum atomic E-state index is 9.75. The van der Waals surface area contributed by atoms with Crippen LogP contribution in [0.25, 0.3) is 0 Å². The van der Waals surface area contributed by atoms with Crippen LogP contribution in [0.5, 0.6) is 0 Å². The van der Waals surface area contributed by atoms with Gasteiger partial charge in [-0.3, -0.25) is 0 Å². The summed E-state index contributed by atoms with van der Waals surface area (Å²) in [6.07, 6.45) is 0.975. The van der Waals surface area contributed by atoms with Crippen LogP contribution in [0.1, 0.15) is 24.0 Å². The number of hydrogen-bond donors (Lipinski definition) is 0. The van der Waals surface area contributed by atoms with E-state index in [1.165, 1.54) is 5.56 Å². The van der Waals surface area contributed by atoms with Crippen molar-refractivity contribution in [1.82, 2.24) is 0 Å². The summed E-state index contributed by atoms with van der Waals surface area (Å²) in [6, 6.07) is 4.12. The first kappa shape index (κ1) is 13.9. The fourth-order valence-electron chi connectivity index (χ4n) is 1.06. The normalized spacial score (nSPS) is 10.6. The van der Waals surface area contributed by atoms with E-state index in [1.807, 2.05) is 13.0 Å². The Hall–Kier alpha value is -1.07.